The zero-order valence-electron chi connectivity index (χ0n) is 23.2. The second-order valence-electron chi connectivity index (χ2n) is 9.90. The lowest BCUT2D eigenvalue weighted by atomic mass is 9.93. The van der Waals surface area contributed by atoms with Crippen LogP contribution in [0.3, 0.4) is 0 Å². The average Bonchev–Trinajstić information content (AvgIpc) is 3.02. The van der Waals surface area contributed by atoms with E-state index in [1.807, 2.05) is 54.6 Å². The third-order valence-corrected chi connectivity index (χ3v) is 7.25. The zero-order valence-corrected chi connectivity index (χ0v) is 23.2. The molecule has 1 aromatic heterocycles. The SMILES string of the molecule is COC(=O)[C@@H](Cc1cc(=O)oc2cc(OC)ccc12)NC(=O)[C@@H]1Cc2ccccc2CN1C(=O)OCc1ccccc1. The minimum absolute atomic E-state index is 0.0470. The quantitative estimate of drug-likeness (QED) is 0.251. The predicted molar refractivity (Wildman–Crippen MR) is 153 cm³/mol. The number of carbonyl (C=O) groups is 3. The van der Waals surface area contributed by atoms with Gasteiger partial charge in [0.2, 0.25) is 5.91 Å². The lowest BCUT2D eigenvalue weighted by molar-refractivity contribution is -0.145. The van der Waals surface area contributed by atoms with Crippen LogP contribution in [0.25, 0.3) is 11.0 Å². The van der Waals surface area contributed by atoms with Gasteiger partial charge in [-0.15, -0.1) is 0 Å². The van der Waals surface area contributed by atoms with Crippen molar-refractivity contribution in [3.05, 3.63) is 112 Å². The van der Waals surface area contributed by atoms with Crippen LogP contribution < -0.4 is 15.7 Å². The molecule has 1 aliphatic rings. The summed E-state index contributed by atoms with van der Waals surface area (Å²) < 4.78 is 21.1. The van der Waals surface area contributed by atoms with Crippen molar-refractivity contribution in [2.75, 3.05) is 14.2 Å². The second-order valence-corrected chi connectivity index (χ2v) is 9.90. The van der Waals surface area contributed by atoms with Gasteiger partial charge in [0.1, 0.15) is 30.0 Å². The molecule has 2 atom stereocenters. The fraction of sp³-hybridized carbons (Fsp3) is 0.250. The maximum atomic E-state index is 13.8. The number of ether oxygens (including phenoxy) is 3. The van der Waals surface area contributed by atoms with Gasteiger partial charge in [-0.2, -0.15) is 0 Å². The summed E-state index contributed by atoms with van der Waals surface area (Å²) in [6.07, 6.45) is -0.466. The van der Waals surface area contributed by atoms with Crippen LogP contribution in [0.1, 0.15) is 22.3 Å². The van der Waals surface area contributed by atoms with Crippen molar-refractivity contribution in [2.24, 2.45) is 0 Å². The molecule has 0 bridgehead atoms. The van der Waals surface area contributed by atoms with Crippen molar-refractivity contribution in [3.8, 4) is 5.75 Å². The molecule has 0 fully saturated rings. The molecule has 1 aliphatic heterocycles. The van der Waals surface area contributed by atoms with E-state index in [2.05, 4.69) is 5.32 Å². The first-order chi connectivity index (χ1) is 20.4. The van der Waals surface area contributed by atoms with Crippen molar-refractivity contribution < 1.29 is 33.0 Å². The molecule has 2 amide bonds. The average molecular weight is 571 g/mol. The number of nitrogens with zero attached hydrogens (tertiary/aromatic N) is 1. The van der Waals surface area contributed by atoms with Crippen molar-refractivity contribution >= 4 is 28.9 Å². The highest BCUT2D eigenvalue weighted by Crippen LogP contribution is 2.26. The Bertz CT molecular complexity index is 1670. The van der Waals surface area contributed by atoms with Crippen molar-refractivity contribution in [2.45, 2.75) is 38.1 Å². The maximum Gasteiger partial charge on any atom is 0.411 e. The van der Waals surface area contributed by atoms with Gasteiger partial charge < -0.3 is 23.9 Å². The summed E-state index contributed by atoms with van der Waals surface area (Å²) in [7, 11) is 2.71. The Morgan fingerprint density at radius 2 is 1.71 bits per heavy atom. The minimum atomic E-state index is -1.14. The molecule has 0 aliphatic carbocycles. The van der Waals surface area contributed by atoms with E-state index in [9.17, 15) is 19.2 Å². The van der Waals surface area contributed by atoms with E-state index in [0.717, 1.165) is 16.7 Å². The lowest BCUT2D eigenvalue weighted by Crippen LogP contribution is -2.56. The van der Waals surface area contributed by atoms with E-state index in [4.69, 9.17) is 18.6 Å². The highest BCUT2D eigenvalue weighted by molar-refractivity contribution is 5.91. The highest BCUT2D eigenvalue weighted by Gasteiger charge is 2.37. The maximum absolute atomic E-state index is 13.8. The molecule has 0 spiro atoms. The van der Waals surface area contributed by atoms with E-state index >= 15 is 0 Å². The monoisotopic (exact) mass is 570 g/mol. The molecule has 10 heteroatoms. The Morgan fingerprint density at radius 1 is 0.976 bits per heavy atom. The summed E-state index contributed by atoms with van der Waals surface area (Å²) in [4.78, 5) is 53.6. The number of fused-ring (bicyclic) bond motifs is 2. The smallest absolute Gasteiger partial charge is 0.411 e. The molecule has 5 rings (SSSR count). The number of hydrogen-bond acceptors (Lipinski definition) is 8. The fourth-order valence-corrected chi connectivity index (χ4v) is 5.08. The van der Waals surface area contributed by atoms with E-state index < -0.39 is 35.7 Å². The first-order valence-electron chi connectivity index (χ1n) is 13.4. The molecule has 3 aromatic carbocycles. The van der Waals surface area contributed by atoms with Crippen molar-refractivity contribution in [1.29, 1.82) is 0 Å². The van der Waals surface area contributed by atoms with Crippen molar-refractivity contribution in [1.82, 2.24) is 10.2 Å². The Morgan fingerprint density at radius 3 is 2.45 bits per heavy atom. The number of nitrogens with one attached hydrogen (secondary N) is 1. The van der Waals surface area contributed by atoms with Gasteiger partial charge in [-0.05, 0) is 34.4 Å². The largest absolute Gasteiger partial charge is 0.497 e. The minimum Gasteiger partial charge on any atom is -0.497 e. The summed E-state index contributed by atoms with van der Waals surface area (Å²) in [5.74, 6) is -0.754. The fourth-order valence-electron chi connectivity index (χ4n) is 5.08. The van der Waals surface area contributed by atoms with Gasteiger partial charge >= 0.3 is 17.7 Å². The molecule has 0 saturated carbocycles. The number of methoxy groups -OCH3 is 2. The first kappa shape index (κ1) is 28.4. The Labute approximate surface area is 241 Å². The summed E-state index contributed by atoms with van der Waals surface area (Å²) >= 11 is 0. The standard InChI is InChI=1S/C32H30N2O8/c1-39-24-12-13-25-23(16-29(35)42-28(25)17-24)14-26(31(37)40-2)33-30(36)27-15-21-10-6-7-11-22(21)18-34(27)32(38)41-19-20-8-4-3-5-9-20/h3-13,16-17,26-27H,14-15,18-19H2,1-2H3,(H,33,36)/t26-,27+/m1/s1. The van der Waals surface area contributed by atoms with E-state index in [1.54, 1.807) is 18.2 Å². The molecular formula is C32H30N2O8. The summed E-state index contributed by atoms with van der Waals surface area (Å²) in [6.45, 7) is 0.211. The number of rotatable bonds is 8. The normalized spacial score (nSPS) is 14.9. The van der Waals surface area contributed by atoms with E-state index in [1.165, 1.54) is 25.2 Å². The van der Waals surface area contributed by atoms with Gasteiger partial charge in [-0.25, -0.2) is 14.4 Å². The molecule has 0 saturated heterocycles. The highest BCUT2D eigenvalue weighted by atomic mass is 16.6. The number of carbonyl (C=O) groups excluding carboxylic acids is 3. The number of esters is 1. The Balaban J connectivity index is 1.40. The van der Waals surface area contributed by atoms with Gasteiger partial charge in [0.15, 0.2) is 0 Å². The molecule has 0 unspecified atom stereocenters. The predicted octanol–water partition coefficient (Wildman–Crippen LogP) is 3.77. The Hall–Kier alpha value is -5.12. The summed E-state index contributed by atoms with van der Waals surface area (Å²) in [6, 6.07) is 21.0. The summed E-state index contributed by atoms with van der Waals surface area (Å²) in [5, 5.41) is 3.34. The van der Waals surface area contributed by atoms with Gasteiger partial charge in [0.05, 0.1) is 20.8 Å². The van der Waals surface area contributed by atoms with Crippen LogP contribution in [0.2, 0.25) is 0 Å². The van der Waals surface area contributed by atoms with Crippen LogP contribution in [0.4, 0.5) is 4.79 Å². The molecule has 4 aromatic rings. The zero-order chi connectivity index (χ0) is 29.6. The van der Waals surface area contributed by atoms with Crippen LogP contribution in [-0.4, -0.2) is 49.2 Å². The van der Waals surface area contributed by atoms with Gasteiger partial charge in [-0.3, -0.25) is 9.69 Å². The molecular weight excluding hydrogens is 540 g/mol. The molecule has 42 heavy (non-hydrogen) atoms. The van der Waals surface area contributed by atoms with Crippen LogP contribution in [0, 0.1) is 0 Å². The van der Waals surface area contributed by atoms with Crippen LogP contribution in [0.5, 0.6) is 5.75 Å². The van der Waals surface area contributed by atoms with Crippen molar-refractivity contribution in [3.63, 3.8) is 0 Å². The van der Waals surface area contributed by atoms with Gasteiger partial charge in [0, 0.05) is 30.4 Å². The topological polar surface area (TPSA) is 124 Å². The number of hydrogen-bond donors (Lipinski definition) is 1. The Kier molecular flexibility index (Phi) is 8.52. The van der Waals surface area contributed by atoms with Crippen LogP contribution in [-0.2, 0) is 45.1 Å². The molecule has 0 radical (unpaired) electrons. The molecule has 1 N–H and O–H groups in total. The van der Waals surface area contributed by atoms with Gasteiger partial charge in [-0.1, -0.05) is 54.6 Å². The second kappa shape index (κ2) is 12.6. The molecule has 10 nitrogen and oxygen atoms in total. The third-order valence-electron chi connectivity index (χ3n) is 7.25. The van der Waals surface area contributed by atoms with Crippen LogP contribution >= 0.6 is 0 Å². The third kappa shape index (κ3) is 6.27. The lowest BCUT2D eigenvalue weighted by Gasteiger charge is -2.35. The number of benzene rings is 3. The molecule has 2 heterocycles. The first-order valence-corrected chi connectivity index (χ1v) is 13.4. The van der Waals surface area contributed by atoms with Crippen LogP contribution in [0.15, 0.2) is 88.1 Å². The number of amides is 2. The molecule has 216 valence electrons. The van der Waals surface area contributed by atoms with Gasteiger partial charge in [0.25, 0.3) is 0 Å². The summed E-state index contributed by atoms with van der Waals surface area (Å²) in [5.41, 5.74) is 2.78. The van der Waals surface area contributed by atoms with E-state index in [0.29, 0.717) is 16.7 Å². The van der Waals surface area contributed by atoms with E-state index in [-0.39, 0.29) is 31.6 Å².